The molecule has 0 saturated heterocycles. The lowest BCUT2D eigenvalue weighted by Gasteiger charge is -2.11. The molecule has 2 amide bonds. The second-order valence-corrected chi connectivity index (χ2v) is 3.55. The molecule has 0 bridgehead atoms. The minimum atomic E-state index is -1.06. The SMILES string of the molecule is CN(C)c1ccc(/C=N\NC(=O)C(N)=O)cc1. The van der Waals surface area contributed by atoms with E-state index >= 15 is 0 Å². The van der Waals surface area contributed by atoms with Crippen molar-refractivity contribution in [2.45, 2.75) is 0 Å². The molecule has 3 N–H and O–H groups in total. The predicted octanol–water partition coefficient (Wildman–Crippen LogP) is -0.312. The van der Waals surface area contributed by atoms with E-state index in [0.717, 1.165) is 11.3 Å². The minimum Gasteiger partial charge on any atom is -0.378 e. The summed E-state index contributed by atoms with van der Waals surface area (Å²) in [4.78, 5) is 23.1. The molecular formula is C11H14N4O2. The third-order valence-corrected chi connectivity index (χ3v) is 2.01. The highest BCUT2D eigenvalue weighted by Gasteiger charge is 2.05. The van der Waals surface area contributed by atoms with Crippen molar-refractivity contribution in [1.29, 1.82) is 0 Å². The Labute approximate surface area is 99.1 Å². The van der Waals surface area contributed by atoms with Crippen LogP contribution >= 0.6 is 0 Å². The van der Waals surface area contributed by atoms with E-state index in [2.05, 4.69) is 5.10 Å². The molecular weight excluding hydrogens is 220 g/mol. The van der Waals surface area contributed by atoms with Gasteiger partial charge in [-0.15, -0.1) is 0 Å². The first-order valence-electron chi connectivity index (χ1n) is 4.91. The fourth-order valence-electron chi connectivity index (χ4n) is 1.08. The Bertz CT molecular complexity index is 437. The van der Waals surface area contributed by atoms with Crippen LogP contribution < -0.4 is 16.1 Å². The maximum Gasteiger partial charge on any atom is 0.329 e. The Morgan fingerprint density at radius 2 is 1.88 bits per heavy atom. The van der Waals surface area contributed by atoms with Gasteiger partial charge in [-0.25, -0.2) is 5.43 Å². The second kappa shape index (κ2) is 5.64. The van der Waals surface area contributed by atoms with Gasteiger partial charge in [0.15, 0.2) is 0 Å². The van der Waals surface area contributed by atoms with Crippen molar-refractivity contribution in [2.75, 3.05) is 19.0 Å². The van der Waals surface area contributed by atoms with Crippen molar-refractivity contribution >= 4 is 23.7 Å². The molecule has 0 radical (unpaired) electrons. The number of carbonyl (C=O) groups excluding carboxylic acids is 2. The van der Waals surface area contributed by atoms with E-state index in [1.807, 2.05) is 48.7 Å². The van der Waals surface area contributed by atoms with Crippen molar-refractivity contribution in [2.24, 2.45) is 10.8 Å². The molecule has 6 heteroatoms. The maximum atomic E-state index is 10.8. The van der Waals surface area contributed by atoms with Gasteiger partial charge in [0.05, 0.1) is 6.21 Å². The highest BCUT2D eigenvalue weighted by atomic mass is 16.2. The fourth-order valence-corrected chi connectivity index (χ4v) is 1.08. The molecule has 1 aromatic rings. The first kappa shape index (κ1) is 12.7. The van der Waals surface area contributed by atoms with Crippen LogP contribution in [0.5, 0.6) is 0 Å². The van der Waals surface area contributed by atoms with E-state index in [1.165, 1.54) is 6.21 Å². The lowest BCUT2D eigenvalue weighted by Crippen LogP contribution is -2.32. The molecule has 0 saturated carbocycles. The van der Waals surface area contributed by atoms with Crippen LogP contribution in [0.15, 0.2) is 29.4 Å². The highest BCUT2D eigenvalue weighted by Crippen LogP contribution is 2.10. The van der Waals surface area contributed by atoms with E-state index in [4.69, 9.17) is 5.73 Å². The largest absolute Gasteiger partial charge is 0.378 e. The van der Waals surface area contributed by atoms with Gasteiger partial charge < -0.3 is 10.6 Å². The molecule has 0 aliphatic rings. The molecule has 0 aromatic heterocycles. The maximum absolute atomic E-state index is 10.8. The molecule has 0 aliphatic heterocycles. The molecule has 17 heavy (non-hydrogen) atoms. The third kappa shape index (κ3) is 3.94. The Hall–Kier alpha value is -2.37. The zero-order chi connectivity index (χ0) is 12.8. The lowest BCUT2D eigenvalue weighted by atomic mass is 10.2. The summed E-state index contributed by atoms with van der Waals surface area (Å²) < 4.78 is 0. The second-order valence-electron chi connectivity index (χ2n) is 3.55. The average molecular weight is 234 g/mol. The Morgan fingerprint density at radius 1 is 1.29 bits per heavy atom. The molecule has 1 rings (SSSR count). The van der Waals surface area contributed by atoms with Crippen LogP contribution in [0.1, 0.15) is 5.56 Å². The molecule has 0 aliphatic carbocycles. The van der Waals surface area contributed by atoms with E-state index in [0.29, 0.717) is 0 Å². The highest BCUT2D eigenvalue weighted by molar-refractivity contribution is 6.34. The normalized spacial score (nSPS) is 10.2. The zero-order valence-electron chi connectivity index (χ0n) is 9.68. The minimum absolute atomic E-state index is 0.806. The number of nitrogens with one attached hydrogen (secondary N) is 1. The van der Waals surface area contributed by atoms with Crippen LogP contribution in [0.25, 0.3) is 0 Å². The monoisotopic (exact) mass is 234 g/mol. The fraction of sp³-hybridized carbons (Fsp3) is 0.182. The number of amides is 2. The van der Waals surface area contributed by atoms with Crippen LogP contribution in [0, 0.1) is 0 Å². The summed E-state index contributed by atoms with van der Waals surface area (Å²) in [5, 5.41) is 3.60. The number of hydrogen-bond acceptors (Lipinski definition) is 4. The molecule has 0 atom stereocenters. The standard InChI is InChI=1S/C11H14N4O2/c1-15(2)9-5-3-8(4-6-9)7-13-14-11(17)10(12)16/h3-7H,1-2H3,(H2,12,16)(H,14,17)/b13-7-. The number of nitrogens with zero attached hydrogens (tertiary/aromatic N) is 2. The Morgan fingerprint density at radius 3 is 2.35 bits per heavy atom. The van der Waals surface area contributed by atoms with E-state index in [1.54, 1.807) is 0 Å². The van der Waals surface area contributed by atoms with Gasteiger partial charge >= 0.3 is 11.8 Å². The van der Waals surface area contributed by atoms with E-state index in [9.17, 15) is 9.59 Å². The van der Waals surface area contributed by atoms with Crippen molar-refractivity contribution in [3.05, 3.63) is 29.8 Å². The Balaban J connectivity index is 2.60. The molecule has 0 unspecified atom stereocenters. The molecule has 0 fully saturated rings. The number of primary amides is 1. The number of benzene rings is 1. The van der Waals surface area contributed by atoms with Gasteiger partial charge in [0, 0.05) is 19.8 Å². The van der Waals surface area contributed by atoms with Gasteiger partial charge in [-0.05, 0) is 17.7 Å². The summed E-state index contributed by atoms with van der Waals surface area (Å²) in [6.45, 7) is 0. The summed E-state index contributed by atoms with van der Waals surface area (Å²) in [6.07, 6.45) is 1.43. The quantitative estimate of drug-likeness (QED) is 0.427. The molecule has 0 spiro atoms. The number of rotatable bonds is 3. The van der Waals surface area contributed by atoms with Crippen molar-refractivity contribution in [1.82, 2.24) is 5.43 Å². The predicted molar refractivity (Wildman–Crippen MR) is 65.7 cm³/mol. The molecule has 90 valence electrons. The number of anilines is 1. The summed E-state index contributed by atoms with van der Waals surface area (Å²) in [7, 11) is 3.88. The summed E-state index contributed by atoms with van der Waals surface area (Å²) >= 11 is 0. The van der Waals surface area contributed by atoms with E-state index in [-0.39, 0.29) is 0 Å². The van der Waals surface area contributed by atoms with Crippen LogP contribution in [0.3, 0.4) is 0 Å². The van der Waals surface area contributed by atoms with Gasteiger partial charge in [0.1, 0.15) is 0 Å². The number of carbonyl (C=O) groups is 2. The third-order valence-electron chi connectivity index (χ3n) is 2.01. The summed E-state index contributed by atoms with van der Waals surface area (Å²) in [5.41, 5.74) is 8.62. The first-order chi connectivity index (χ1) is 8.00. The van der Waals surface area contributed by atoms with Crippen molar-refractivity contribution in [3.63, 3.8) is 0 Å². The van der Waals surface area contributed by atoms with Gasteiger partial charge in [-0.1, -0.05) is 12.1 Å². The Kier molecular flexibility index (Phi) is 4.21. The van der Waals surface area contributed by atoms with Gasteiger partial charge in [-0.3, -0.25) is 9.59 Å². The van der Waals surface area contributed by atoms with Crippen molar-refractivity contribution in [3.8, 4) is 0 Å². The number of hydrazone groups is 1. The summed E-state index contributed by atoms with van der Waals surface area (Å²) in [6, 6.07) is 7.51. The number of hydrogen-bond donors (Lipinski definition) is 2. The van der Waals surface area contributed by atoms with Gasteiger partial charge in [-0.2, -0.15) is 5.10 Å². The zero-order valence-corrected chi connectivity index (χ0v) is 9.68. The lowest BCUT2D eigenvalue weighted by molar-refractivity contribution is -0.137. The molecule has 0 heterocycles. The van der Waals surface area contributed by atoms with Gasteiger partial charge in [0.25, 0.3) is 0 Å². The van der Waals surface area contributed by atoms with Crippen LogP contribution in [0.2, 0.25) is 0 Å². The summed E-state index contributed by atoms with van der Waals surface area (Å²) in [5.74, 6) is -2.00. The molecule has 6 nitrogen and oxygen atoms in total. The first-order valence-corrected chi connectivity index (χ1v) is 4.91. The number of nitrogens with two attached hydrogens (primary N) is 1. The van der Waals surface area contributed by atoms with Crippen LogP contribution in [0.4, 0.5) is 5.69 Å². The van der Waals surface area contributed by atoms with Crippen LogP contribution in [-0.4, -0.2) is 32.1 Å². The van der Waals surface area contributed by atoms with Crippen LogP contribution in [-0.2, 0) is 9.59 Å². The van der Waals surface area contributed by atoms with Crippen molar-refractivity contribution < 1.29 is 9.59 Å². The smallest absolute Gasteiger partial charge is 0.329 e. The van der Waals surface area contributed by atoms with E-state index < -0.39 is 11.8 Å². The average Bonchev–Trinajstić information content (AvgIpc) is 2.29. The topological polar surface area (TPSA) is 87.8 Å². The van der Waals surface area contributed by atoms with Gasteiger partial charge in [0.2, 0.25) is 0 Å². The molecule has 1 aromatic carbocycles.